The third-order valence-corrected chi connectivity index (χ3v) is 3.57. The molecule has 0 aromatic carbocycles. The second-order valence-corrected chi connectivity index (χ2v) is 6.08. The van der Waals surface area contributed by atoms with E-state index in [1.165, 1.54) is 0 Å². The van der Waals surface area contributed by atoms with Crippen molar-refractivity contribution in [2.24, 2.45) is 11.8 Å². The molecular formula is C15H30N2O2. The number of hydrogen-bond acceptors (Lipinski definition) is 3. The van der Waals surface area contributed by atoms with Gasteiger partial charge < -0.3 is 4.74 Å². The van der Waals surface area contributed by atoms with Crippen LogP contribution in [0, 0.1) is 11.8 Å². The molecule has 0 aromatic heterocycles. The Morgan fingerprint density at radius 3 is 2.53 bits per heavy atom. The van der Waals surface area contributed by atoms with Crippen LogP contribution in [-0.4, -0.2) is 42.4 Å². The molecule has 0 saturated carbocycles. The molecule has 0 N–H and O–H groups in total. The average molecular weight is 270 g/mol. The number of carbonyl (C=O) groups excluding carboxylic acids is 1. The van der Waals surface area contributed by atoms with Gasteiger partial charge in [-0.05, 0) is 31.1 Å². The molecule has 0 unspecified atom stereocenters. The van der Waals surface area contributed by atoms with Crippen molar-refractivity contribution < 1.29 is 9.53 Å². The summed E-state index contributed by atoms with van der Waals surface area (Å²) in [6.45, 7) is 11.9. The smallest absolute Gasteiger partial charge is 0.424 e. The third kappa shape index (κ3) is 5.81. The van der Waals surface area contributed by atoms with Crippen LogP contribution in [0.2, 0.25) is 0 Å². The molecule has 0 aromatic rings. The summed E-state index contributed by atoms with van der Waals surface area (Å²) in [4.78, 5) is 12.2. The maximum atomic E-state index is 12.2. The van der Waals surface area contributed by atoms with Gasteiger partial charge >= 0.3 is 6.09 Å². The van der Waals surface area contributed by atoms with Gasteiger partial charge in [-0.2, -0.15) is 0 Å². The first-order valence-electron chi connectivity index (χ1n) is 7.73. The third-order valence-electron chi connectivity index (χ3n) is 3.57. The Labute approximate surface area is 118 Å². The fourth-order valence-corrected chi connectivity index (χ4v) is 2.27. The van der Waals surface area contributed by atoms with E-state index < -0.39 is 0 Å². The van der Waals surface area contributed by atoms with Gasteiger partial charge in [0.2, 0.25) is 0 Å². The zero-order chi connectivity index (χ0) is 14.3. The van der Waals surface area contributed by atoms with Crippen LogP contribution < -0.4 is 0 Å². The molecule has 0 bridgehead atoms. The Hall–Kier alpha value is -0.770. The second kappa shape index (κ2) is 8.41. The minimum atomic E-state index is -0.170. The minimum absolute atomic E-state index is 0.170. The molecule has 19 heavy (non-hydrogen) atoms. The van der Waals surface area contributed by atoms with Crippen molar-refractivity contribution >= 4 is 6.09 Å². The summed E-state index contributed by atoms with van der Waals surface area (Å²) in [5, 5.41) is 4.00. The number of rotatable bonds is 6. The molecule has 1 saturated heterocycles. The van der Waals surface area contributed by atoms with Gasteiger partial charge in [0.15, 0.2) is 0 Å². The number of amides is 1. The fraction of sp³-hybridized carbons (Fsp3) is 0.933. The van der Waals surface area contributed by atoms with Gasteiger partial charge in [0.25, 0.3) is 0 Å². The lowest BCUT2D eigenvalue weighted by Crippen LogP contribution is -2.51. The molecule has 1 rings (SSSR count). The lowest BCUT2D eigenvalue weighted by molar-refractivity contribution is -0.0472. The van der Waals surface area contributed by atoms with E-state index in [0.29, 0.717) is 12.5 Å². The van der Waals surface area contributed by atoms with Crippen LogP contribution in [0.5, 0.6) is 0 Å². The first-order valence-corrected chi connectivity index (χ1v) is 7.73. The maximum Gasteiger partial charge on any atom is 0.424 e. The van der Waals surface area contributed by atoms with Crippen molar-refractivity contribution in [3.63, 3.8) is 0 Å². The fourth-order valence-electron chi connectivity index (χ4n) is 2.27. The highest BCUT2D eigenvalue weighted by Gasteiger charge is 2.26. The predicted molar refractivity (Wildman–Crippen MR) is 77.8 cm³/mol. The van der Waals surface area contributed by atoms with Crippen molar-refractivity contribution in [2.75, 3.05) is 26.2 Å². The maximum absolute atomic E-state index is 12.2. The first-order chi connectivity index (χ1) is 9.04. The quantitative estimate of drug-likeness (QED) is 0.692. The summed E-state index contributed by atoms with van der Waals surface area (Å²) in [6, 6.07) is 0. The Kier molecular flexibility index (Phi) is 7.21. The summed E-state index contributed by atoms with van der Waals surface area (Å²) >= 11 is 0. The molecular weight excluding hydrogens is 240 g/mol. The molecule has 1 fully saturated rings. The van der Waals surface area contributed by atoms with E-state index in [4.69, 9.17) is 4.74 Å². The summed E-state index contributed by atoms with van der Waals surface area (Å²) in [5.41, 5.74) is 0. The number of piperidine rings is 1. The largest absolute Gasteiger partial charge is 0.448 e. The molecule has 0 atom stereocenters. The molecule has 0 aliphatic carbocycles. The van der Waals surface area contributed by atoms with E-state index in [1.54, 1.807) is 0 Å². The van der Waals surface area contributed by atoms with Crippen molar-refractivity contribution in [2.45, 2.75) is 53.4 Å². The highest BCUT2D eigenvalue weighted by Crippen LogP contribution is 2.19. The van der Waals surface area contributed by atoms with E-state index in [2.05, 4.69) is 32.7 Å². The van der Waals surface area contributed by atoms with Gasteiger partial charge in [0.1, 0.15) is 0 Å². The number of hydrazine groups is 1. The molecule has 0 radical (unpaired) electrons. The number of hydrogen-bond donors (Lipinski definition) is 0. The van der Waals surface area contributed by atoms with Crippen LogP contribution in [0.25, 0.3) is 0 Å². The van der Waals surface area contributed by atoms with Gasteiger partial charge in [0.05, 0.1) is 6.61 Å². The highest BCUT2D eigenvalue weighted by atomic mass is 16.6. The predicted octanol–water partition coefficient (Wildman–Crippen LogP) is 3.53. The lowest BCUT2D eigenvalue weighted by atomic mass is 10.0. The van der Waals surface area contributed by atoms with Crippen LogP contribution >= 0.6 is 0 Å². The molecule has 112 valence electrons. The van der Waals surface area contributed by atoms with Gasteiger partial charge in [-0.25, -0.2) is 14.8 Å². The second-order valence-electron chi connectivity index (χ2n) is 6.08. The normalized spacial score (nSPS) is 17.7. The summed E-state index contributed by atoms with van der Waals surface area (Å²) in [7, 11) is 0. The van der Waals surface area contributed by atoms with Gasteiger partial charge in [0, 0.05) is 19.6 Å². The van der Waals surface area contributed by atoms with E-state index in [0.717, 1.165) is 51.2 Å². The standard InChI is InChI=1S/C15H30N2O2/c1-5-6-11-19-15(18)17(12-13(2)3)16-9-7-14(4)8-10-16/h13-14H,5-12H2,1-4H3. The zero-order valence-electron chi connectivity index (χ0n) is 13.0. The van der Waals surface area contributed by atoms with E-state index in [-0.39, 0.29) is 6.09 Å². The number of ether oxygens (including phenoxy) is 1. The van der Waals surface area contributed by atoms with Crippen molar-refractivity contribution in [1.82, 2.24) is 10.0 Å². The van der Waals surface area contributed by atoms with Crippen molar-refractivity contribution in [3.05, 3.63) is 0 Å². The lowest BCUT2D eigenvalue weighted by Gasteiger charge is -2.39. The van der Waals surface area contributed by atoms with Crippen LogP contribution in [0.15, 0.2) is 0 Å². The Morgan fingerprint density at radius 1 is 1.37 bits per heavy atom. The Balaban J connectivity index is 2.52. The van der Waals surface area contributed by atoms with Crippen LogP contribution in [0.4, 0.5) is 4.79 Å². The zero-order valence-corrected chi connectivity index (χ0v) is 13.0. The molecule has 0 spiro atoms. The Bertz CT molecular complexity index is 261. The van der Waals surface area contributed by atoms with E-state index >= 15 is 0 Å². The molecule has 1 heterocycles. The number of nitrogens with zero attached hydrogens (tertiary/aromatic N) is 2. The van der Waals surface area contributed by atoms with Crippen molar-refractivity contribution in [3.8, 4) is 0 Å². The van der Waals surface area contributed by atoms with Gasteiger partial charge in [-0.1, -0.05) is 34.1 Å². The van der Waals surface area contributed by atoms with Crippen LogP contribution in [0.3, 0.4) is 0 Å². The molecule has 1 aliphatic heterocycles. The first kappa shape index (κ1) is 16.3. The number of unbranched alkanes of at least 4 members (excludes halogenated alkanes) is 1. The van der Waals surface area contributed by atoms with Gasteiger partial charge in [-0.15, -0.1) is 0 Å². The monoisotopic (exact) mass is 270 g/mol. The Morgan fingerprint density at radius 2 is 2.00 bits per heavy atom. The SMILES string of the molecule is CCCCOC(=O)N(CC(C)C)N1CCC(C)CC1. The topological polar surface area (TPSA) is 32.8 Å². The highest BCUT2D eigenvalue weighted by molar-refractivity contribution is 5.67. The average Bonchev–Trinajstić information content (AvgIpc) is 2.37. The van der Waals surface area contributed by atoms with Crippen LogP contribution in [0.1, 0.15) is 53.4 Å². The number of carbonyl (C=O) groups is 1. The van der Waals surface area contributed by atoms with Gasteiger partial charge in [-0.3, -0.25) is 0 Å². The summed E-state index contributed by atoms with van der Waals surface area (Å²) in [5.74, 6) is 1.23. The van der Waals surface area contributed by atoms with Crippen molar-refractivity contribution in [1.29, 1.82) is 0 Å². The molecule has 4 nitrogen and oxygen atoms in total. The van der Waals surface area contributed by atoms with E-state index in [9.17, 15) is 4.79 Å². The molecule has 1 aliphatic rings. The summed E-state index contributed by atoms with van der Waals surface area (Å²) in [6.07, 6.45) is 4.15. The summed E-state index contributed by atoms with van der Waals surface area (Å²) < 4.78 is 5.37. The minimum Gasteiger partial charge on any atom is -0.448 e. The van der Waals surface area contributed by atoms with E-state index in [1.807, 2.05) is 5.01 Å². The van der Waals surface area contributed by atoms with Crippen LogP contribution in [-0.2, 0) is 4.74 Å². The molecule has 4 heteroatoms. The molecule has 1 amide bonds.